The first-order chi connectivity index (χ1) is 7.07. The molecule has 0 radical (unpaired) electrons. The molecular formula is C14H15Br. The molecule has 0 atom stereocenters. The molecule has 1 heteroatoms. The Morgan fingerprint density at radius 2 is 2.07 bits per heavy atom. The minimum Gasteiger partial charge on any atom is -0.0833 e. The number of allylic oxidation sites excluding steroid dienone is 4. The summed E-state index contributed by atoms with van der Waals surface area (Å²) in [4.78, 5) is 0. The van der Waals surface area contributed by atoms with Crippen LogP contribution in [0.5, 0.6) is 0 Å². The Hall–Kier alpha value is -0.820. The molecule has 0 aromatic heterocycles. The lowest BCUT2D eigenvalue weighted by Crippen LogP contribution is -2.07. The van der Waals surface area contributed by atoms with Crippen molar-refractivity contribution in [2.75, 3.05) is 0 Å². The van der Waals surface area contributed by atoms with E-state index in [4.69, 9.17) is 0 Å². The average Bonchev–Trinajstić information content (AvgIpc) is 2.16. The molecule has 0 N–H and O–H groups in total. The van der Waals surface area contributed by atoms with E-state index in [1.165, 1.54) is 11.1 Å². The first kappa shape index (κ1) is 10.7. The number of rotatable bonds is 1. The third kappa shape index (κ3) is 2.60. The van der Waals surface area contributed by atoms with Gasteiger partial charge in [0.25, 0.3) is 0 Å². The van der Waals surface area contributed by atoms with Crippen molar-refractivity contribution in [3.05, 3.63) is 52.5 Å². The van der Waals surface area contributed by atoms with Crippen LogP contribution < -0.4 is 0 Å². The van der Waals surface area contributed by atoms with Crippen LogP contribution in [0.1, 0.15) is 25.8 Å². The van der Waals surface area contributed by atoms with Crippen LogP contribution in [0.3, 0.4) is 0 Å². The zero-order valence-electron chi connectivity index (χ0n) is 9.13. The SMILES string of the molecule is CC1(C)C=CCC(c2cccc(Br)c2)=C1. The average molecular weight is 263 g/mol. The van der Waals surface area contributed by atoms with Gasteiger partial charge in [-0.3, -0.25) is 0 Å². The summed E-state index contributed by atoms with van der Waals surface area (Å²) in [6.07, 6.45) is 7.93. The molecule has 0 aliphatic heterocycles. The molecule has 0 nitrogen and oxygen atoms in total. The van der Waals surface area contributed by atoms with Crippen molar-refractivity contribution in [1.29, 1.82) is 0 Å². The van der Waals surface area contributed by atoms with E-state index in [9.17, 15) is 0 Å². The highest BCUT2D eigenvalue weighted by atomic mass is 79.9. The predicted octanol–water partition coefficient (Wildman–Crippen LogP) is 4.82. The van der Waals surface area contributed by atoms with Gasteiger partial charge in [0.05, 0.1) is 0 Å². The first-order valence-corrected chi connectivity index (χ1v) is 6.01. The topological polar surface area (TPSA) is 0 Å². The molecule has 0 spiro atoms. The van der Waals surface area contributed by atoms with Gasteiger partial charge < -0.3 is 0 Å². The number of benzene rings is 1. The zero-order chi connectivity index (χ0) is 10.9. The number of hydrogen-bond acceptors (Lipinski definition) is 0. The first-order valence-electron chi connectivity index (χ1n) is 5.22. The molecule has 15 heavy (non-hydrogen) atoms. The lowest BCUT2D eigenvalue weighted by Gasteiger charge is -2.22. The van der Waals surface area contributed by atoms with Crippen LogP contribution in [0, 0.1) is 5.41 Å². The van der Waals surface area contributed by atoms with Crippen LogP contribution in [0.2, 0.25) is 0 Å². The van der Waals surface area contributed by atoms with Gasteiger partial charge in [0.2, 0.25) is 0 Å². The van der Waals surface area contributed by atoms with Crippen LogP contribution >= 0.6 is 15.9 Å². The molecule has 1 aromatic carbocycles. The molecule has 0 bridgehead atoms. The summed E-state index contributed by atoms with van der Waals surface area (Å²) < 4.78 is 1.15. The van der Waals surface area contributed by atoms with Gasteiger partial charge in [0.1, 0.15) is 0 Å². The lowest BCUT2D eigenvalue weighted by molar-refractivity contribution is 0.618. The second-order valence-corrected chi connectivity index (χ2v) is 5.52. The van der Waals surface area contributed by atoms with Crippen molar-refractivity contribution < 1.29 is 0 Å². The van der Waals surface area contributed by atoms with Crippen LogP contribution in [0.15, 0.2) is 47.0 Å². The molecule has 0 saturated heterocycles. The van der Waals surface area contributed by atoms with Gasteiger partial charge in [-0.05, 0) is 29.7 Å². The predicted molar refractivity (Wildman–Crippen MR) is 69.7 cm³/mol. The highest BCUT2D eigenvalue weighted by molar-refractivity contribution is 9.10. The van der Waals surface area contributed by atoms with Crippen LogP contribution in [0.25, 0.3) is 5.57 Å². The largest absolute Gasteiger partial charge is 0.0833 e. The summed E-state index contributed by atoms with van der Waals surface area (Å²) in [6.45, 7) is 4.47. The lowest BCUT2D eigenvalue weighted by atomic mass is 9.83. The minimum absolute atomic E-state index is 0.190. The van der Waals surface area contributed by atoms with E-state index in [2.05, 4.69) is 72.3 Å². The van der Waals surface area contributed by atoms with Crippen LogP contribution in [0.4, 0.5) is 0 Å². The minimum atomic E-state index is 0.190. The Balaban J connectivity index is 2.36. The summed E-state index contributed by atoms with van der Waals surface area (Å²) >= 11 is 3.51. The number of halogens is 1. The molecule has 0 heterocycles. The maximum atomic E-state index is 3.51. The van der Waals surface area contributed by atoms with E-state index in [0.717, 1.165) is 10.9 Å². The fourth-order valence-corrected chi connectivity index (χ4v) is 2.33. The summed E-state index contributed by atoms with van der Waals surface area (Å²) in [5.74, 6) is 0. The van der Waals surface area contributed by atoms with Gasteiger partial charge in [0.15, 0.2) is 0 Å². The van der Waals surface area contributed by atoms with Crippen LogP contribution in [-0.4, -0.2) is 0 Å². The molecule has 0 fully saturated rings. The van der Waals surface area contributed by atoms with Gasteiger partial charge in [-0.25, -0.2) is 0 Å². The molecule has 0 unspecified atom stereocenters. The Morgan fingerprint density at radius 3 is 2.73 bits per heavy atom. The van der Waals surface area contributed by atoms with Gasteiger partial charge in [-0.15, -0.1) is 0 Å². The van der Waals surface area contributed by atoms with Gasteiger partial charge in [-0.2, -0.15) is 0 Å². The van der Waals surface area contributed by atoms with Gasteiger partial charge in [0, 0.05) is 9.89 Å². The van der Waals surface area contributed by atoms with Crippen molar-refractivity contribution in [2.45, 2.75) is 20.3 Å². The highest BCUT2D eigenvalue weighted by Crippen LogP contribution is 2.33. The van der Waals surface area contributed by atoms with E-state index >= 15 is 0 Å². The number of hydrogen-bond donors (Lipinski definition) is 0. The Morgan fingerprint density at radius 1 is 1.27 bits per heavy atom. The standard InChI is InChI=1S/C14H15Br/c1-14(2)8-4-6-12(10-14)11-5-3-7-13(15)9-11/h3-5,7-10H,6H2,1-2H3. The monoisotopic (exact) mass is 262 g/mol. The van der Waals surface area contributed by atoms with Crippen molar-refractivity contribution in [3.8, 4) is 0 Å². The molecule has 1 aromatic rings. The van der Waals surface area contributed by atoms with Gasteiger partial charge in [-0.1, -0.05) is 60.1 Å². The third-order valence-corrected chi connectivity index (χ3v) is 3.12. The second-order valence-electron chi connectivity index (χ2n) is 4.61. The van der Waals surface area contributed by atoms with E-state index in [1.807, 2.05) is 0 Å². The Bertz CT molecular complexity index is 425. The Labute approximate surface area is 99.8 Å². The van der Waals surface area contributed by atoms with Crippen molar-refractivity contribution in [2.24, 2.45) is 5.41 Å². The molecule has 1 aliphatic carbocycles. The second kappa shape index (κ2) is 3.97. The van der Waals surface area contributed by atoms with E-state index in [0.29, 0.717) is 0 Å². The molecule has 0 amide bonds. The maximum Gasteiger partial charge on any atom is 0.0181 e. The van der Waals surface area contributed by atoms with Crippen molar-refractivity contribution in [3.63, 3.8) is 0 Å². The maximum absolute atomic E-state index is 3.51. The van der Waals surface area contributed by atoms with Crippen LogP contribution in [-0.2, 0) is 0 Å². The molecular weight excluding hydrogens is 248 g/mol. The normalized spacial score (nSPS) is 18.7. The Kier molecular flexibility index (Phi) is 2.83. The van der Waals surface area contributed by atoms with E-state index in [-0.39, 0.29) is 5.41 Å². The van der Waals surface area contributed by atoms with E-state index < -0.39 is 0 Å². The molecule has 78 valence electrons. The summed E-state index contributed by atoms with van der Waals surface area (Å²) in [5.41, 5.74) is 2.93. The highest BCUT2D eigenvalue weighted by Gasteiger charge is 2.16. The zero-order valence-corrected chi connectivity index (χ0v) is 10.7. The summed E-state index contributed by atoms with van der Waals surface area (Å²) in [6, 6.07) is 8.51. The fourth-order valence-electron chi connectivity index (χ4n) is 1.94. The van der Waals surface area contributed by atoms with Crippen molar-refractivity contribution in [1.82, 2.24) is 0 Å². The summed E-state index contributed by atoms with van der Waals surface area (Å²) in [7, 11) is 0. The quantitative estimate of drug-likeness (QED) is 0.637. The smallest absolute Gasteiger partial charge is 0.0181 e. The molecule has 0 saturated carbocycles. The third-order valence-electron chi connectivity index (χ3n) is 2.63. The summed E-state index contributed by atoms with van der Waals surface area (Å²) in [5, 5.41) is 0. The molecule has 1 aliphatic rings. The molecule has 2 rings (SSSR count). The van der Waals surface area contributed by atoms with E-state index in [1.54, 1.807) is 0 Å². The fraction of sp³-hybridized carbons (Fsp3) is 0.286. The van der Waals surface area contributed by atoms with Gasteiger partial charge >= 0.3 is 0 Å². The van der Waals surface area contributed by atoms with Crippen molar-refractivity contribution >= 4 is 21.5 Å².